The number of pyridine rings is 1. The zero-order chi connectivity index (χ0) is 12.3. The number of hydrogen-bond acceptors (Lipinski definition) is 3. The third kappa shape index (κ3) is 3.16. The van der Waals surface area contributed by atoms with Gasteiger partial charge >= 0.3 is 0 Å². The van der Waals surface area contributed by atoms with Crippen LogP contribution in [0.15, 0.2) is 6.07 Å². The molecule has 0 fully saturated rings. The molecule has 1 heterocycles. The second-order valence-corrected chi connectivity index (χ2v) is 4.89. The van der Waals surface area contributed by atoms with Gasteiger partial charge in [-0.25, -0.2) is 0 Å². The molecule has 1 aromatic rings. The number of anilines is 1. The maximum Gasteiger partial charge on any atom is 0.235 e. The first-order valence-corrected chi connectivity index (χ1v) is 5.88. The van der Waals surface area contributed by atoms with Crippen LogP contribution in [0.1, 0.15) is 27.2 Å². The van der Waals surface area contributed by atoms with Gasteiger partial charge in [0.1, 0.15) is 16.4 Å². The summed E-state index contributed by atoms with van der Waals surface area (Å²) in [6.07, 6.45) is 0.864. The van der Waals surface area contributed by atoms with Crippen LogP contribution in [0.3, 0.4) is 0 Å². The minimum atomic E-state index is -0.296. The lowest BCUT2D eigenvalue weighted by atomic mass is 10.1. The number of hydrogen-bond donors (Lipinski definition) is 1. The number of rotatable bonds is 4. The highest BCUT2D eigenvalue weighted by Gasteiger charge is 2.20. The summed E-state index contributed by atoms with van der Waals surface area (Å²) in [5.41, 5.74) is -0.296. The van der Waals surface area contributed by atoms with E-state index in [2.05, 4.69) is 10.3 Å². The van der Waals surface area contributed by atoms with Gasteiger partial charge in [0.15, 0.2) is 0 Å². The first-order valence-electron chi connectivity index (χ1n) is 5.12. The van der Waals surface area contributed by atoms with E-state index in [1.54, 1.807) is 13.1 Å². The highest BCUT2D eigenvalue weighted by molar-refractivity contribution is 6.36. The SMILES string of the molecule is CCC(C)(C)Oc1nc(NC)c(Cl)cc1Cl. The summed E-state index contributed by atoms with van der Waals surface area (Å²) in [5, 5.41) is 3.79. The predicted octanol–water partition coefficient (Wildman–Crippen LogP) is 4.00. The van der Waals surface area contributed by atoms with Crippen LogP contribution in [0.4, 0.5) is 5.82 Å². The van der Waals surface area contributed by atoms with Gasteiger partial charge in [-0.05, 0) is 26.3 Å². The van der Waals surface area contributed by atoms with Crippen LogP contribution in [0, 0.1) is 0 Å². The molecule has 0 bridgehead atoms. The summed E-state index contributed by atoms with van der Waals surface area (Å²) < 4.78 is 5.74. The van der Waals surface area contributed by atoms with Gasteiger partial charge < -0.3 is 10.1 Å². The van der Waals surface area contributed by atoms with E-state index in [1.807, 2.05) is 20.8 Å². The van der Waals surface area contributed by atoms with Gasteiger partial charge in [-0.1, -0.05) is 30.1 Å². The molecule has 3 nitrogen and oxygen atoms in total. The standard InChI is InChI=1S/C11H16Cl2N2O/c1-5-11(2,3)16-10-8(13)6-7(12)9(14-4)15-10/h6H,5H2,1-4H3,(H,14,15). The largest absolute Gasteiger partial charge is 0.471 e. The molecule has 0 aliphatic rings. The maximum absolute atomic E-state index is 6.02. The minimum Gasteiger partial charge on any atom is -0.471 e. The molecule has 0 aliphatic carbocycles. The zero-order valence-electron chi connectivity index (χ0n) is 9.90. The molecule has 0 radical (unpaired) electrons. The minimum absolute atomic E-state index is 0.296. The van der Waals surface area contributed by atoms with Crippen LogP contribution < -0.4 is 10.1 Å². The Morgan fingerprint density at radius 3 is 2.50 bits per heavy atom. The Balaban J connectivity index is 3.05. The van der Waals surface area contributed by atoms with E-state index < -0.39 is 0 Å². The number of aromatic nitrogens is 1. The molecule has 16 heavy (non-hydrogen) atoms. The molecule has 0 saturated heterocycles. The molecule has 0 spiro atoms. The summed E-state index contributed by atoms with van der Waals surface area (Å²) in [6, 6.07) is 1.63. The van der Waals surface area contributed by atoms with E-state index in [1.165, 1.54) is 0 Å². The lowest BCUT2D eigenvalue weighted by Crippen LogP contribution is -2.27. The van der Waals surface area contributed by atoms with Crippen molar-refractivity contribution < 1.29 is 4.74 Å². The summed E-state index contributed by atoms with van der Waals surface area (Å²) in [4.78, 5) is 4.23. The Kier molecular flexibility index (Phi) is 4.28. The fraction of sp³-hybridized carbons (Fsp3) is 0.545. The molecule has 0 aromatic carbocycles. The van der Waals surface area contributed by atoms with Crippen LogP contribution in [-0.2, 0) is 0 Å². The van der Waals surface area contributed by atoms with Gasteiger partial charge in [0.2, 0.25) is 5.88 Å². The lowest BCUT2D eigenvalue weighted by Gasteiger charge is -2.24. The average Bonchev–Trinajstić information content (AvgIpc) is 2.22. The van der Waals surface area contributed by atoms with Gasteiger partial charge in [0.25, 0.3) is 0 Å². The van der Waals surface area contributed by atoms with E-state index in [0.29, 0.717) is 21.7 Å². The fourth-order valence-electron chi connectivity index (χ4n) is 1.03. The van der Waals surface area contributed by atoms with E-state index in [4.69, 9.17) is 27.9 Å². The Hall–Kier alpha value is -0.670. The van der Waals surface area contributed by atoms with Crippen molar-refractivity contribution in [2.24, 2.45) is 0 Å². The van der Waals surface area contributed by atoms with Crippen LogP contribution in [0.2, 0.25) is 10.0 Å². The first-order chi connectivity index (χ1) is 7.39. The average molecular weight is 263 g/mol. The van der Waals surface area contributed by atoms with Crippen molar-refractivity contribution in [3.63, 3.8) is 0 Å². The van der Waals surface area contributed by atoms with Crippen molar-refractivity contribution in [3.8, 4) is 5.88 Å². The summed E-state index contributed by atoms with van der Waals surface area (Å²) in [6.45, 7) is 6.01. The Labute approximate surface area is 106 Å². The van der Waals surface area contributed by atoms with Crippen molar-refractivity contribution in [1.29, 1.82) is 0 Å². The lowest BCUT2D eigenvalue weighted by molar-refractivity contribution is 0.0994. The van der Waals surface area contributed by atoms with Gasteiger partial charge in [-0.2, -0.15) is 4.98 Å². The molecule has 5 heteroatoms. The van der Waals surface area contributed by atoms with Crippen molar-refractivity contribution in [2.75, 3.05) is 12.4 Å². The molecule has 1 aromatic heterocycles. The molecule has 0 aliphatic heterocycles. The highest BCUT2D eigenvalue weighted by Crippen LogP contribution is 2.32. The molecule has 0 unspecified atom stereocenters. The van der Waals surface area contributed by atoms with E-state index in [9.17, 15) is 0 Å². The van der Waals surface area contributed by atoms with Crippen LogP contribution in [0.5, 0.6) is 5.88 Å². The van der Waals surface area contributed by atoms with E-state index in [0.717, 1.165) is 6.42 Å². The molecular formula is C11H16Cl2N2O. The number of nitrogens with zero attached hydrogens (tertiary/aromatic N) is 1. The molecular weight excluding hydrogens is 247 g/mol. The van der Waals surface area contributed by atoms with E-state index in [-0.39, 0.29) is 5.60 Å². The topological polar surface area (TPSA) is 34.1 Å². The van der Waals surface area contributed by atoms with Crippen LogP contribution in [0.25, 0.3) is 0 Å². The first kappa shape index (κ1) is 13.4. The summed E-state index contributed by atoms with van der Waals surface area (Å²) in [7, 11) is 1.75. The van der Waals surface area contributed by atoms with Crippen molar-refractivity contribution in [2.45, 2.75) is 32.8 Å². The van der Waals surface area contributed by atoms with Crippen LogP contribution in [-0.4, -0.2) is 17.6 Å². The van der Waals surface area contributed by atoms with Gasteiger partial charge in [0.05, 0.1) is 5.02 Å². The maximum atomic E-state index is 6.02. The van der Waals surface area contributed by atoms with Crippen molar-refractivity contribution >= 4 is 29.0 Å². The molecule has 90 valence electrons. The highest BCUT2D eigenvalue weighted by atomic mass is 35.5. The Morgan fingerprint density at radius 1 is 1.38 bits per heavy atom. The second kappa shape index (κ2) is 5.11. The summed E-state index contributed by atoms with van der Waals surface area (Å²) in [5.74, 6) is 0.968. The number of halogens is 2. The quantitative estimate of drug-likeness (QED) is 0.891. The number of ether oxygens (including phenoxy) is 1. The Morgan fingerprint density at radius 2 is 2.00 bits per heavy atom. The molecule has 0 atom stereocenters. The third-order valence-corrected chi connectivity index (χ3v) is 2.92. The molecule has 1 N–H and O–H groups in total. The summed E-state index contributed by atoms with van der Waals surface area (Å²) >= 11 is 12.0. The number of nitrogens with one attached hydrogen (secondary N) is 1. The fourth-order valence-corrected chi connectivity index (χ4v) is 1.52. The van der Waals surface area contributed by atoms with Gasteiger partial charge in [-0.3, -0.25) is 0 Å². The van der Waals surface area contributed by atoms with Crippen molar-refractivity contribution in [1.82, 2.24) is 4.98 Å². The van der Waals surface area contributed by atoms with Crippen molar-refractivity contribution in [3.05, 3.63) is 16.1 Å². The molecule has 0 saturated carbocycles. The zero-order valence-corrected chi connectivity index (χ0v) is 11.4. The molecule has 1 rings (SSSR count). The smallest absolute Gasteiger partial charge is 0.235 e. The Bertz CT molecular complexity index is 380. The van der Waals surface area contributed by atoms with Crippen LogP contribution >= 0.6 is 23.2 Å². The monoisotopic (exact) mass is 262 g/mol. The van der Waals surface area contributed by atoms with E-state index >= 15 is 0 Å². The third-order valence-electron chi connectivity index (χ3n) is 2.36. The normalized spacial score (nSPS) is 11.4. The predicted molar refractivity (Wildman–Crippen MR) is 68.8 cm³/mol. The van der Waals surface area contributed by atoms with Gasteiger partial charge in [-0.15, -0.1) is 0 Å². The second-order valence-electron chi connectivity index (χ2n) is 4.07. The molecule has 0 amide bonds. The van der Waals surface area contributed by atoms with Gasteiger partial charge in [0, 0.05) is 7.05 Å².